The molecule has 1 aromatic heterocycles. The van der Waals surface area contributed by atoms with E-state index in [0.717, 1.165) is 11.3 Å². The van der Waals surface area contributed by atoms with Gasteiger partial charge in [-0.1, -0.05) is 22.9 Å². The van der Waals surface area contributed by atoms with Crippen LogP contribution in [-0.4, -0.2) is 40.7 Å². The van der Waals surface area contributed by atoms with Crippen molar-refractivity contribution in [2.45, 2.75) is 26.4 Å². The van der Waals surface area contributed by atoms with Gasteiger partial charge in [-0.05, 0) is 39.1 Å². The first-order valence-corrected chi connectivity index (χ1v) is 8.45. The van der Waals surface area contributed by atoms with E-state index < -0.39 is 0 Å². The highest BCUT2D eigenvalue weighted by atomic mass is 35.5. The molecule has 0 aliphatic rings. The van der Waals surface area contributed by atoms with Gasteiger partial charge >= 0.3 is 0 Å². The second-order valence-electron chi connectivity index (χ2n) is 5.01. The monoisotopic (exact) mass is 354 g/mol. The van der Waals surface area contributed by atoms with Gasteiger partial charge in [-0.15, -0.1) is 10.2 Å². The third-order valence-electron chi connectivity index (χ3n) is 3.37. The number of aromatic nitrogens is 2. The fourth-order valence-corrected chi connectivity index (χ4v) is 2.65. The number of benzene rings is 1. The molecule has 1 atom stereocenters. The summed E-state index contributed by atoms with van der Waals surface area (Å²) < 4.78 is 5.62. The first-order chi connectivity index (χ1) is 11.0. The van der Waals surface area contributed by atoms with E-state index in [1.807, 2.05) is 37.9 Å². The van der Waals surface area contributed by atoms with E-state index in [0.29, 0.717) is 23.3 Å². The maximum Gasteiger partial charge on any atom is 0.243 e. The molecule has 6 nitrogen and oxygen atoms in total. The molecule has 23 heavy (non-hydrogen) atoms. The molecule has 0 bridgehead atoms. The Morgan fingerprint density at radius 3 is 2.96 bits per heavy atom. The van der Waals surface area contributed by atoms with Crippen LogP contribution in [0, 0.1) is 0 Å². The van der Waals surface area contributed by atoms with Gasteiger partial charge in [-0.3, -0.25) is 15.0 Å². The SMILES string of the molecule is CCOc1ccc(Cl)cc1CN(C)[C@H](C)C(=O)Nc1nncs1. The highest BCUT2D eigenvalue weighted by Gasteiger charge is 2.20. The Morgan fingerprint density at radius 2 is 2.30 bits per heavy atom. The molecule has 1 amide bonds. The van der Waals surface area contributed by atoms with Crippen LogP contribution in [-0.2, 0) is 11.3 Å². The second kappa shape index (κ2) is 8.24. The quantitative estimate of drug-likeness (QED) is 0.827. The van der Waals surface area contributed by atoms with Crippen molar-refractivity contribution in [3.63, 3.8) is 0 Å². The zero-order chi connectivity index (χ0) is 16.8. The van der Waals surface area contributed by atoms with E-state index in [1.54, 1.807) is 11.6 Å². The number of carbonyl (C=O) groups excluding carboxylic acids is 1. The Bertz CT molecular complexity index is 651. The summed E-state index contributed by atoms with van der Waals surface area (Å²) in [6.45, 7) is 4.88. The van der Waals surface area contributed by atoms with Crippen molar-refractivity contribution >= 4 is 34.0 Å². The molecule has 0 saturated heterocycles. The number of likely N-dealkylation sites (N-methyl/N-ethyl adjacent to an activating group) is 1. The smallest absolute Gasteiger partial charge is 0.243 e. The molecule has 0 saturated carbocycles. The van der Waals surface area contributed by atoms with Crippen LogP contribution in [0.15, 0.2) is 23.7 Å². The van der Waals surface area contributed by atoms with Gasteiger partial charge in [0.2, 0.25) is 11.0 Å². The maximum absolute atomic E-state index is 12.2. The molecule has 2 aromatic rings. The van der Waals surface area contributed by atoms with Crippen LogP contribution in [0.1, 0.15) is 19.4 Å². The topological polar surface area (TPSA) is 67.3 Å². The summed E-state index contributed by atoms with van der Waals surface area (Å²) in [7, 11) is 1.88. The van der Waals surface area contributed by atoms with Crippen molar-refractivity contribution in [1.29, 1.82) is 0 Å². The first kappa shape index (κ1) is 17.7. The summed E-state index contributed by atoms with van der Waals surface area (Å²) in [5.74, 6) is 0.643. The van der Waals surface area contributed by atoms with E-state index in [4.69, 9.17) is 16.3 Å². The van der Waals surface area contributed by atoms with E-state index in [1.165, 1.54) is 11.3 Å². The zero-order valence-corrected chi connectivity index (χ0v) is 14.8. The molecule has 0 spiro atoms. The van der Waals surface area contributed by atoms with Gasteiger partial charge < -0.3 is 4.74 Å². The van der Waals surface area contributed by atoms with Crippen molar-refractivity contribution in [3.05, 3.63) is 34.3 Å². The Labute approximate surface area is 144 Å². The zero-order valence-electron chi connectivity index (χ0n) is 13.2. The summed E-state index contributed by atoms with van der Waals surface area (Å²) in [5, 5.41) is 11.4. The van der Waals surface area contributed by atoms with Gasteiger partial charge in [0.05, 0.1) is 12.6 Å². The minimum absolute atomic E-state index is 0.135. The number of rotatable bonds is 7. The molecular formula is C15H19ClN4O2S. The fourth-order valence-electron chi connectivity index (χ4n) is 2.01. The number of amides is 1. The number of anilines is 1. The molecule has 0 aliphatic carbocycles. The van der Waals surface area contributed by atoms with Gasteiger partial charge in [0.1, 0.15) is 11.3 Å². The van der Waals surface area contributed by atoms with Gasteiger partial charge in [0, 0.05) is 17.1 Å². The lowest BCUT2D eigenvalue weighted by molar-refractivity contribution is -0.120. The summed E-state index contributed by atoms with van der Waals surface area (Å²) in [4.78, 5) is 14.2. The van der Waals surface area contributed by atoms with Crippen LogP contribution in [0.4, 0.5) is 5.13 Å². The van der Waals surface area contributed by atoms with Crippen LogP contribution in [0.3, 0.4) is 0 Å². The Kier molecular flexibility index (Phi) is 6.32. The van der Waals surface area contributed by atoms with Crippen LogP contribution >= 0.6 is 22.9 Å². The highest BCUT2D eigenvalue weighted by Crippen LogP contribution is 2.25. The first-order valence-electron chi connectivity index (χ1n) is 7.19. The number of hydrogen-bond donors (Lipinski definition) is 1. The van der Waals surface area contributed by atoms with Crippen molar-refractivity contribution in [3.8, 4) is 5.75 Å². The molecule has 0 radical (unpaired) electrons. The van der Waals surface area contributed by atoms with Crippen LogP contribution in [0.2, 0.25) is 5.02 Å². The molecule has 1 aromatic carbocycles. The van der Waals surface area contributed by atoms with Crippen molar-refractivity contribution in [2.24, 2.45) is 0 Å². The van der Waals surface area contributed by atoms with E-state index in [-0.39, 0.29) is 11.9 Å². The summed E-state index contributed by atoms with van der Waals surface area (Å²) >= 11 is 7.36. The minimum Gasteiger partial charge on any atom is -0.494 e. The number of nitrogens with zero attached hydrogens (tertiary/aromatic N) is 3. The fraction of sp³-hybridized carbons (Fsp3) is 0.400. The van der Waals surface area contributed by atoms with Crippen molar-refractivity contribution in [1.82, 2.24) is 15.1 Å². The van der Waals surface area contributed by atoms with Gasteiger partial charge in [0.25, 0.3) is 0 Å². The molecule has 0 unspecified atom stereocenters. The summed E-state index contributed by atoms with van der Waals surface area (Å²) in [5.41, 5.74) is 2.52. The molecule has 1 heterocycles. The number of nitrogens with one attached hydrogen (secondary N) is 1. The van der Waals surface area contributed by atoms with E-state index in [2.05, 4.69) is 15.5 Å². The normalized spacial score (nSPS) is 12.2. The lowest BCUT2D eigenvalue weighted by Crippen LogP contribution is -2.39. The largest absolute Gasteiger partial charge is 0.494 e. The minimum atomic E-state index is -0.340. The van der Waals surface area contributed by atoms with Crippen LogP contribution in [0.5, 0.6) is 5.75 Å². The standard InChI is InChI=1S/C15H19ClN4O2S/c1-4-22-13-6-5-12(16)7-11(13)8-20(3)10(2)14(21)18-15-19-17-9-23-15/h5-7,9-10H,4,8H2,1-3H3,(H,18,19,21)/t10-/m1/s1. The average molecular weight is 355 g/mol. The summed E-state index contributed by atoms with van der Waals surface area (Å²) in [6, 6.07) is 5.16. The summed E-state index contributed by atoms with van der Waals surface area (Å²) in [6.07, 6.45) is 0. The molecular weight excluding hydrogens is 336 g/mol. The highest BCUT2D eigenvalue weighted by molar-refractivity contribution is 7.13. The predicted octanol–water partition coefficient (Wildman–Crippen LogP) is 3.05. The second-order valence-corrected chi connectivity index (χ2v) is 6.28. The number of halogens is 1. The molecule has 2 rings (SSSR count). The Hall–Kier alpha value is -1.70. The van der Waals surface area contributed by atoms with Gasteiger partial charge in [0.15, 0.2) is 0 Å². The molecule has 124 valence electrons. The molecule has 0 aliphatic heterocycles. The lowest BCUT2D eigenvalue weighted by atomic mass is 10.1. The molecule has 8 heteroatoms. The van der Waals surface area contributed by atoms with Crippen molar-refractivity contribution < 1.29 is 9.53 Å². The predicted molar refractivity (Wildman–Crippen MR) is 92.1 cm³/mol. The number of hydrogen-bond acceptors (Lipinski definition) is 6. The molecule has 1 N–H and O–H groups in total. The van der Waals surface area contributed by atoms with Crippen LogP contribution < -0.4 is 10.1 Å². The van der Waals surface area contributed by atoms with Gasteiger partial charge in [-0.2, -0.15) is 0 Å². The third kappa shape index (κ3) is 4.89. The Morgan fingerprint density at radius 1 is 1.52 bits per heavy atom. The van der Waals surface area contributed by atoms with E-state index >= 15 is 0 Å². The van der Waals surface area contributed by atoms with Crippen molar-refractivity contribution in [2.75, 3.05) is 19.0 Å². The van der Waals surface area contributed by atoms with Crippen LogP contribution in [0.25, 0.3) is 0 Å². The van der Waals surface area contributed by atoms with E-state index in [9.17, 15) is 4.79 Å². The lowest BCUT2D eigenvalue weighted by Gasteiger charge is -2.24. The number of carbonyl (C=O) groups is 1. The average Bonchev–Trinajstić information content (AvgIpc) is 3.02. The van der Waals surface area contributed by atoms with Gasteiger partial charge in [-0.25, -0.2) is 0 Å². The maximum atomic E-state index is 12.2. The Balaban J connectivity index is 2.04. The third-order valence-corrected chi connectivity index (χ3v) is 4.21. The number of ether oxygens (including phenoxy) is 1. The molecule has 0 fully saturated rings.